The fraction of sp³-hybridized carbons (Fsp3) is 0.111. The van der Waals surface area contributed by atoms with E-state index in [1.54, 1.807) is 0 Å². The maximum Gasteiger partial charge on any atom is 0.170 e. The van der Waals surface area contributed by atoms with E-state index in [9.17, 15) is 5.11 Å². The van der Waals surface area contributed by atoms with Crippen LogP contribution in [0.3, 0.4) is 0 Å². The van der Waals surface area contributed by atoms with E-state index in [0.717, 1.165) is 11.1 Å². The zero-order chi connectivity index (χ0) is 21.5. The third-order valence-corrected chi connectivity index (χ3v) is 5.00. The number of benzene rings is 4. The van der Waals surface area contributed by atoms with E-state index in [1.165, 1.54) is 0 Å². The van der Waals surface area contributed by atoms with Crippen molar-refractivity contribution in [2.75, 3.05) is 0 Å². The molecule has 32 heavy (non-hydrogen) atoms. The number of nitrogens with two attached hydrogens (primary N) is 1. The van der Waals surface area contributed by atoms with Crippen LogP contribution in [0.5, 0.6) is 23.0 Å². The Hall–Kier alpha value is -3.31. The molecule has 0 unspecified atom stereocenters. The quantitative estimate of drug-likeness (QED) is 0.333. The van der Waals surface area contributed by atoms with Gasteiger partial charge in [-0.15, -0.1) is 12.4 Å². The lowest BCUT2D eigenvalue weighted by atomic mass is 9.96. The highest BCUT2D eigenvalue weighted by atomic mass is 35.5. The van der Waals surface area contributed by atoms with Crippen LogP contribution in [0.25, 0.3) is 0 Å². The first-order chi connectivity index (χ1) is 15.2. The van der Waals surface area contributed by atoms with Crippen LogP contribution < -0.4 is 15.2 Å². The minimum Gasteiger partial charge on any atom is -0.453 e. The molecule has 0 aliphatic rings. The smallest absolute Gasteiger partial charge is 0.170 e. The first-order valence-electron chi connectivity index (χ1n) is 10.3. The number of para-hydroxylation sites is 2. The maximum atomic E-state index is 10.7. The molecule has 5 heteroatoms. The summed E-state index contributed by atoms with van der Waals surface area (Å²) in [5.74, 6) is 2.51. The van der Waals surface area contributed by atoms with Gasteiger partial charge in [0.1, 0.15) is 11.5 Å². The van der Waals surface area contributed by atoms with E-state index in [0.29, 0.717) is 29.4 Å². The number of aliphatic hydroxyl groups excluding tert-OH is 1. The van der Waals surface area contributed by atoms with E-state index in [1.807, 2.05) is 109 Å². The number of rotatable bonds is 8. The summed E-state index contributed by atoms with van der Waals surface area (Å²) < 4.78 is 12.2. The van der Waals surface area contributed by atoms with Gasteiger partial charge in [0.25, 0.3) is 0 Å². The highest BCUT2D eigenvalue weighted by Crippen LogP contribution is 2.37. The summed E-state index contributed by atoms with van der Waals surface area (Å²) in [7, 11) is 0. The van der Waals surface area contributed by atoms with Crippen molar-refractivity contribution < 1.29 is 14.6 Å². The average Bonchev–Trinajstić information content (AvgIpc) is 2.82. The molecule has 0 fully saturated rings. The Bertz CT molecular complexity index is 1090. The SMILES string of the molecule is Cl.N[C@H](c1ccc(Oc2ccccc2)c(Oc2ccccc2)c1)[C@@H](O)Cc1ccccc1. The van der Waals surface area contributed by atoms with Crippen LogP contribution >= 0.6 is 12.4 Å². The Morgan fingerprint density at radius 1 is 0.656 bits per heavy atom. The summed E-state index contributed by atoms with van der Waals surface area (Å²) >= 11 is 0. The number of ether oxygens (including phenoxy) is 2. The van der Waals surface area contributed by atoms with Crippen LogP contribution in [0.15, 0.2) is 109 Å². The predicted molar refractivity (Wildman–Crippen MR) is 130 cm³/mol. The Balaban J connectivity index is 0.00000289. The molecule has 4 rings (SSSR count). The third kappa shape index (κ3) is 6.11. The molecule has 0 aliphatic carbocycles. The molecule has 0 saturated heterocycles. The summed E-state index contributed by atoms with van der Waals surface area (Å²) in [6.45, 7) is 0. The number of aliphatic hydroxyl groups is 1. The molecule has 4 nitrogen and oxygen atoms in total. The second kappa shape index (κ2) is 11.3. The predicted octanol–water partition coefficient (Wildman–Crippen LogP) is 6.30. The molecule has 0 radical (unpaired) electrons. The Morgan fingerprint density at radius 3 is 1.72 bits per heavy atom. The fourth-order valence-corrected chi connectivity index (χ4v) is 3.33. The van der Waals surface area contributed by atoms with Crippen LogP contribution in [0, 0.1) is 0 Å². The molecule has 0 bridgehead atoms. The molecule has 4 aromatic carbocycles. The Labute approximate surface area is 194 Å². The molecular weight excluding hydrogens is 422 g/mol. The van der Waals surface area contributed by atoms with Crippen molar-refractivity contribution in [3.05, 3.63) is 120 Å². The van der Waals surface area contributed by atoms with E-state index in [2.05, 4.69) is 0 Å². The first kappa shape index (κ1) is 23.4. The van der Waals surface area contributed by atoms with Gasteiger partial charge in [-0.3, -0.25) is 0 Å². The van der Waals surface area contributed by atoms with E-state index >= 15 is 0 Å². The normalized spacial score (nSPS) is 12.3. The summed E-state index contributed by atoms with van der Waals surface area (Å²) in [5, 5.41) is 10.7. The molecule has 4 aromatic rings. The maximum absolute atomic E-state index is 10.7. The van der Waals surface area contributed by atoms with Gasteiger partial charge in [-0.2, -0.15) is 0 Å². The summed E-state index contributed by atoms with van der Waals surface area (Å²) in [4.78, 5) is 0. The standard InChI is InChI=1S/C27H25NO3.ClH/c28-27(24(29)18-20-10-4-1-5-11-20)21-16-17-25(30-22-12-6-2-7-13-22)26(19-21)31-23-14-8-3-9-15-23;/h1-17,19,24,27,29H,18,28H2;1H/t24-,27+;/m0./s1. The molecule has 0 aliphatic heterocycles. The molecule has 0 heterocycles. The highest BCUT2D eigenvalue weighted by molar-refractivity contribution is 5.85. The van der Waals surface area contributed by atoms with E-state index in [-0.39, 0.29) is 12.4 Å². The Kier molecular flexibility index (Phi) is 8.28. The van der Waals surface area contributed by atoms with Gasteiger partial charge < -0.3 is 20.3 Å². The lowest BCUT2D eigenvalue weighted by Gasteiger charge is -2.21. The van der Waals surface area contributed by atoms with E-state index < -0.39 is 12.1 Å². The fourth-order valence-electron chi connectivity index (χ4n) is 3.33. The van der Waals surface area contributed by atoms with Crippen molar-refractivity contribution in [2.45, 2.75) is 18.6 Å². The van der Waals surface area contributed by atoms with Gasteiger partial charge in [-0.1, -0.05) is 72.8 Å². The summed E-state index contributed by atoms with van der Waals surface area (Å²) in [5.41, 5.74) is 8.22. The summed E-state index contributed by atoms with van der Waals surface area (Å²) in [6.07, 6.45) is -0.257. The van der Waals surface area contributed by atoms with Crippen LogP contribution in [0.4, 0.5) is 0 Å². The summed E-state index contributed by atoms with van der Waals surface area (Å²) in [6, 6.07) is 33.8. The molecule has 2 atom stereocenters. The zero-order valence-electron chi connectivity index (χ0n) is 17.5. The molecule has 0 saturated carbocycles. The second-order valence-electron chi connectivity index (χ2n) is 7.32. The van der Waals surface area contributed by atoms with Gasteiger partial charge in [-0.25, -0.2) is 0 Å². The molecule has 164 valence electrons. The van der Waals surface area contributed by atoms with Gasteiger partial charge in [0.15, 0.2) is 11.5 Å². The minimum absolute atomic E-state index is 0. The van der Waals surface area contributed by atoms with Crippen molar-refractivity contribution >= 4 is 12.4 Å². The molecular formula is C27H26ClNO3. The monoisotopic (exact) mass is 447 g/mol. The van der Waals surface area contributed by atoms with Crippen molar-refractivity contribution in [2.24, 2.45) is 5.73 Å². The molecule has 0 aromatic heterocycles. The lowest BCUT2D eigenvalue weighted by molar-refractivity contribution is 0.145. The van der Waals surface area contributed by atoms with Crippen molar-refractivity contribution in [3.8, 4) is 23.0 Å². The van der Waals surface area contributed by atoms with Gasteiger partial charge in [0.05, 0.1) is 12.1 Å². The van der Waals surface area contributed by atoms with Crippen LogP contribution in [-0.4, -0.2) is 11.2 Å². The molecule has 0 spiro atoms. The lowest BCUT2D eigenvalue weighted by Crippen LogP contribution is -2.28. The van der Waals surface area contributed by atoms with Gasteiger partial charge in [0.2, 0.25) is 0 Å². The number of hydrogen-bond acceptors (Lipinski definition) is 4. The topological polar surface area (TPSA) is 64.7 Å². The van der Waals surface area contributed by atoms with E-state index in [4.69, 9.17) is 15.2 Å². The van der Waals surface area contributed by atoms with Gasteiger partial charge >= 0.3 is 0 Å². The van der Waals surface area contributed by atoms with Crippen molar-refractivity contribution in [1.29, 1.82) is 0 Å². The van der Waals surface area contributed by atoms with Crippen molar-refractivity contribution in [3.63, 3.8) is 0 Å². The van der Waals surface area contributed by atoms with Crippen LogP contribution in [0.1, 0.15) is 17.2 Å². The third-order valence-electron chi connectivity index (χ3n) is 5.00. The van der Waals surface area contributed by atoms with Crippen LogP contribution in [-0.2, 0) is 6.42 Å². The van der Waals surface area contributed by atoms with Gasteiger partial charge in [-0.05, 0) is 47.5 Å². The first-order valence-corrected chi connectivity index (χ1v) is 10.3. The second-order valence-corrected chi connectivity index (χ2v) is 7.32. The largest absolute Gasteiger partial charge is 0.453 e. The van der Waals surface area contributed by atoms with Crippen molar-refractivity contribution in [1.82, 2.24) is 0 Å². The highest BCUT2D eigenvalue weighted by Gasteiger charge is 2.20. The Morgan fingerprint density at radius 2 is 1.16 bits per heavy atom. The van der Waals surface area contributed by atoms with Crippen LogP contribution in [0.2, 0.25) is 0 Å². The number of hydrogen-bond donors (Lipinski definition) is 2. The molecule has 3 N–H and O–H groups in total. The molecule has 0 amide bonds. The zero-order valence-corrected chi connectivity index (χ0v) is 18.3. The average molecular weight is 448 g/mol. The van der Waals surface area contributed by atoms with Gasteiger partial charge in [0, 0.05) is 6.42 Å². The number of halogens is 1. The minimum atomic E-state index is -0.729.